The number of allylic oxidation sites excluding steroid dienone is 19. The van der Waals surface area contributed by atoms with Gasteiger partial charge >= 0.3 is 0 Å². The van der Waals surface area contributed by atoms with Gasteiger partial charge in [0, 0.05) is 11.1 Å². The van der Waals surface area contributed by atoms with Gasteiger partial charge in [0.25, 0.3) is 0 Å². The molecule has 0 radical (unpaired) electrons. The fourth-order valence-electron chi connectivity index (χ4n) is 9.29. The van der Waals surface area contributed by atoms with Crippen molar-refractivity contribution in [2.24, 2.45) is 0 Å². The minimum absolute atomic E-state index is 0.101. The van der Waals surface area contributed by atoms with Crippen molar-refractivity contribution in [1.29, 1.82) is 0 Å². The standard InChI is InChI=1S/C69H104O6S/c1-51(2)29-21-30-53(5)31-22-32-54(6)33-23-34-55(7)35-24-36-56(8)37-25-38-57(9)39-26-40-58(10)41-27-42-59(11)43-28-44-60(12)47-50-65(76(70,71)63-45-19-18-20-46-63)61(13)48-49-64-62(14)66(75-52(3)4)68(73-16)69(74-17)67(64)72-15/h18-20,29,31,33,35,37,39,41,43,45-48,52,65H,21-28,30,32,34,36,38,40,42,44,49-50H2,1-17H3/b53-31+,54-33+,55-35+,56-37+,57-39+,58-41+,59-43+,60-47+,61-48+. The highest BCUT2D eigenvalue weighted by atomic mass is 32.2. The van der Waals surface area contributed by atoms with Gasteiger partial charge in [-0.25, -0.2) is 8.42 Å². The topological polar surface area (TPSA) is 71.1 Å². The second kappa shape index (κ2) is 36.9. The lowest BCUT2D eigenvalue weighted by Crippen LogP contribution is -2.22. The summed E-state index contributed by atoms with van der Waals surface area (Å²) in [6, 6.07) is 8.78. The molecule has 0 saturated heterocycles. The van der Waals surface area contributed by atoms with Gasteiger partial charge < -0.3 is 18.9 Å². The average Bonchev–Trinajstić information content (AvgIpc) is 3.36. The molecule has 0 heterocycles. The van der Waals surface area contributed by atoms with E-state index in [0.29, 0.717) is 40.7 Å². The van der Waals surface area contributed by atoms with Crippen molar-refractivity contribution in [2.75, 3.05) is 21.3 Å². The summed E-state index contributed by atoms with van der Waals surface area (Å²) in [5.41, 5.74) is 15.4. The van der Waals surface area contributed by atoms with Crippen molar-refractivity contribution < 1.29 is 27.4 Å². The van der Waals surface area contributed by atoms with Crippen molar-refractivity contribution >= 4 is 9.84 Å². The van der Waals surface area contributed by atoms with Crippen LogP contribution in [0.15, 0.2) is 152 Å². The quantitative estimate of drug-likeness (QED) is 0.0633. The van der Waals surface area contributed by atoms with E-state index < -0.39 is 15.1 Å². The number of sulfone groups is 1. The monoisotopic (exact) mass is 1060 g/mol. The van der Waals surface area contributed by atoms with E-state index in [1.165, 1.54) is 63.0 Å². The molecule has 0 aliphatic rings. The highest BCUT2D eigenvalue weighted by molar-refractivity contribution is 7.92. The Morgan fingerprint density at radius 3 is 1.11 bits per heavy atom. The molecule has 0 aliphatic carbocycles. The van der Waals surface area contributed by atoms with Crippen molar-refractivity contribution in [3.05, 3.63) is 158 Å². The summed E-state index contributed by atoms with van der Waals surface area (Å²) < 4.78 is 52.2. The van der Waals surface area contributed by atoms with E-state index in [1.54, 1.807) is 45.6 Å². The molecule has 0 spiro atoms. The Morgan fingerprint density at radius 1 is 0.447 bits per heavy atom. The number of rotatable bonds is 36. The summed E-state index contributed by atoms with van der Waals surface area (Å²) in [6.45, 7) is 30.2. The van der Waals surface area contributed by atoms with E-state index in [2.05, 4.69) is 124 Å². The summed E-state index contributed by atoms with van der Waals surface area (Å²) >= 11 is 0. The lowest BCUT2D eigenvalue weighted by molar-refractivity contribution is 0.222. The maximum atomic E-state index is 14.3. The van der Waals surface area contributed by atoms with Crippen molar-refractivity contribution in [3.8, 4) is 23.0 Å². The maximum Gasteiger partial charge on any atom is 0.207 e. The van der Waals surface area contributed by atoms with E-state index in [4.69, 9.17) is 18.9 Å². The molecule has 0 aliphatic heterocycles. The smallest absolute Gasteiger partial charge is 0.207 e. The third-order valence-corrected chi connectivity index (χ3v) is 16.5. The molecule has 1 unspecified atom stereocenters. The molecule has 0 bridgehead atoms. The second-order valence-electron chi connectivity index (χ2n) is 21.9. The van der Waals surface area contributed by atoms with Crippen LogP contribution >= 0.6 is 0 Å². The van der Waals surface area contributed by atoms with Crippen LogP contribution in [0.1, 0.15) is 210 Å². The van der Waals surface area contributed by atoms with Crippen molar-refractivity contribution in [1.82, 2.24) is 0 Å². The Labute approximate surface area is 465 Å². The lowest BCUT2D eigenvalue weighted by Gasteiger charge is -2.24. The van der Waals surface area contributed by atoms with Crippen LogP contribution in [0.2, 0.25) is 0 Å². The predicted octanol–water partition coefficient (Wildman–Crippen LogP) is 20.3. The maximum absolute atomic E-state index is 14.3. The summed E-state index contributed by atoms with van der Waals surface area (Å²) in [4.78, 5) is 0.320. The fourth-order valence-corrected chi connectivity index (χ4v) is 11.1. The highest BCUT2D eigenvalue weighted by Gasteiger charge is 2.30. The highest BCUT2D eigenvalue weighted by Crippen LogP contribution is 2.50. The molecular weight excluding hydrogens is 957 g/mol. The molecule has 422 valence electrons. The van der Waals surface area contributed by atoms with Gasteiger partial charge in [-0.15, -0.1) is 0 Å². The predicted molar refractivity (Wildman–Crippen MR) is 329 cm³/mol. The zero-order chi connectivity index (χ0) is 56.6. The molecule has 0 fully saturated rings. The molecule has 0 N–H and O–H groups in total. The third kappa shape index (κ3) is 25.9. The number of benzene rings is 2. The number of ether oxygens (including phenoxy) is 4. The summed E-state index contributed by atoms with van der Waals surface area (Å²) in [5.74, 6) is 2.04. The van der Waals surface area contributed by atoms with E-state index >= 15 is 0 Å². The zero-order valence-electron chi connectivity index (χ0n) is 50.9. The van der Waals surface area contributed by atoms with Crippen molar-refractivity contribution in [2.45, 2.75) is 229 Å². The first-order chi connectivity index (χ1) is 36.1. The van der Waals surface area contributed by atoms with Gasteiger partial charge in [0.2, 0.25) is 11.5 Å². The molecule has 2 aromatic carbocycles. The normalized spacial score (nSPS) is 14.4. The molecule has 0 aromatic heterocycles. The molecule has 0 amide bonds. The van der Waals surface area contributed by atoms with E-state index in [-0.39, 0.29) is 6.10 Å². The molecule has 7 heteroatoms. The molecule has 6 nitrogen and oxygen atoms in total. The Hall–Kier alpha value is -5.01. The Kier molecular flexibility index (Phi) is 32.6. The Morgan fingerprint density at radius 2 is 0.776 bits per heavy atom. The van der Waals surface area contributed by atoms with Crippen LogP contribution in [0.25, 0.3) is 0 Å². The Bertz CT molecular complexity index is 2510. The van der Waals surface area contributed by atoms with E-state index in [9.17, 15) is 8.42 Å². The first-order valence-corrected chi connectivity index (χ1v) is 30.0. The molecule has 76 heavy (non-hydrogen) atoms. The van der Waals surface area contributed by atoms with Gasteiger partial charge in [0.15, 0.2) is 21.3 Å². The minimum atomic E-state index is -3.70. The summed E-state index contributed by atoms with van der Waals surface area (Å²) in [6.07, 6.45) is 41.6. The van der Waals surface area contributed by atoms with Crippen LogP contribution in [0, 0.1) is 6.92 Å². The van der Waals surface area contributed by atoms with Crippen LogP contribution in [0.5, 0.6) is 23.0 Å². The zero-order valence-corrected chi connectivity index (χ0v) is 51.7. The summed E-state index contributed by atoms with van der Waals surface area (Å²) in [7, 11) is 1.07. The largest absolute Gasteiger partial charge is 0.492 e. The molecule has 0 saturated carbocycles. The molecule has 2 rings (SSSR count). The first-order valence-electron chi connectivity index (χ1n) is 28.5. The fraction of sp³-hybridized carbons (Fsp3) is 0.536. The van der Waals surface area contributed by atoms with Crippen LogP contribution < -0.4 is 18.9 Å². The first kappa shape index (κ1) is 67.1. The summed E-state index contributed by atoms with van der Waals surface area (Å²) in [5, 5.41) is -0.739. The van der Waals surface area contributed by atoms with E-state index in [1.807, 2.05) is 39.8 Å². The SMILES string of the molecule is COc1c(C/C=C(\C)C(C/C=C(\C)CC/C=C(\C)CC/C=C(\C)CC/C=C(\C)CC/C=C(\C)CC/C=C(\C)CC/C=C(\C)CC/C=C(\C)CCC=C(C)C)S(=O)(=O)c2ccccc2)c(C)c(OC(C)C)c(OC)c1OC. The van der Waals surface area contributed by atoms with Crippen LogP contribution in [0.3, 0.4) is 0 Å². The van der Waals surface area contributed by atoms with Gasteiger partial charge in [-0.3, -0.25) is 0 Å². The lowest BCUT2D eigenvalue weighted by atomic mass is 9.98. The van der Waals surface area contributed by atoms with Gasteiger partial charge in [0.1, 0.15) is 0 Å². The third-order valence-electron chi connectivity index (χ3n) is 14.2. The number of hydrogen-bond acceptors (Lipinski definition) is 6. The Balaban J connectivity index is 1.89. The molecule has 1 atom stereocenters. The molecule has 2 aromatic rings. The second-order valence-corrected chi connectivity index (χ2v) is 24.1. The van der Waals surface area contributed by atoms with Gasteiger partial charge in [0.05, 0.1) is 37.6 Å². The number of hydrogen-bond donors (Lipinski definition) is 0. The van der Waals surface area contributed by atoms with Gasteiger partial charge in [-0.1, -0.05) is 135 Å². The average molecular weight is 1060 g/mol. The van der Waals surface area contributed by atoms with Crippen LogP contribution in [-0.4, -0.2) is 41.1 Å². The number of methoxy groups -OCH3 is 3. The minimum Gasteiger partial charge on any atom is -0.492 e. The van der Waals surface area contributed by atoms with Gasteiger partial charge in [-0.05, 0) is 225 Å². The van der Waals surface area contributed by atoms with Crippen LogP contribution in [0.4, 0.5) is 0 Å². The van der Waals surface area contributed by atoms with Crippen molar-refractivity contribution in [3.63, 3.8) is 0 Å². The van der Waals surface area contributed by atoms with Crippen LogP contribution in [-0.2, 0) is 16.3 Å². The van der Waals surface area contributed by atoms with Gasteiger partial charge in [-0.2, -0.15) is 0 Å². The van der Waals surface area contributed by atoms with E-state index in [0.717, 1.165) is 107 Å². The molecular formula is C69H104O6S.